The Morgan fingerprint density at radius 3 is 2.90 bits per heavy atom. The molecule has 4 rings (SSSR count). The quantitative estimate of drug-likeness (QED) is 0.546. The normalized spacial score (nSPS) is 21.2. The van der Waals surface area contributed by atoms with E-state index >= 15 is 0 Å². The summed E-state index contributed by atoms with van der Waals surface area (Å²) in [5.74, 6) is 1.37. The molecular weight excluding hydrogens is 417 g/mol. The number of rotatable bonds is 5. The van der Waals surface area contributed by atoms with Gasteiger partial charge in [-0.15, -0.1) is 0 Å². The van der Waals surface area contributed by atoms with Crippen molar-refractivity contribution in [3.8, 4) is 0 Å². The van der Waals surface area contributed by atoms with Gasteiger partial charge in [0.15, 0.2) is 5.96 Å². The number of guanidine groups is 1. The minimum absolute atomic E-state index is 0.179. The zero-order chi connectivity index (χ0) is 21.7. The lowest BCUT2D eigenvalue weighted by atomic mass is 9.74. The Balaban J connectivity index is 1.39. The Morgan fingerprint density at radius 2 is 2.16 bits per heavy atom. The van der Waals surface area contributed by atoms with Crippen LogP contribution in [0.25, 0.3) is 0 Å². The van der Waals surface area contributed by atoms with Gasteiger partial charge in [-0.05, 0) is 49.1 Å². The number of aromatic nitrogens is 1. The van der Waals surface area contributed by atoms with Crippen LogP contribution in [-0.4, -0.2) is 56.9 Å². The first-order chi connectivity index (χ1) is 15.1. The predicted molar refractivity (Wildman–Crippen MR) is 122 cm³/mol. The standard InChI is InChI=1S/C23H29ClFN5O/c1-26-22(29-19-7-11-30(15-19)21-20(24)6-3-10-27-21)28-16-23(8-12-31-13-9-23)17-4-2-5-18(25)14-17/h2-6,10,14,19H,7-9,11-13,15-16H2,1H3,(H2,26,28,29). The summed E-state index contributed by atoms with van der Waals surface area (Å²) in [6.07, 6.45) is 4.42. The molecule has 1 aromatic carbocycles. The molecule has 0 bridgehead atoms. The average molecular weight is 446 g/mol. The van der Waals surface area contributed by atoms with Crippen LogP contribution in [0, 0.1) is 5.82 Å². The molecule has 2 N–H and O–H groups in total. The van der Waals surface area contributed by atoms with E-state index in [-0.39, 0.29) is 17.3 Å². The summed E-state index contributed by atoms with van der Waals surface area (Å²) < 4.78 is 19.5. The smallest absolute Gasteiger partial charge is 0.191 e. The molecule has 2 aromatic rings. The fourth-order valence-electron chi connectivity index (χ4n) is 4.47. The number of anilines is 1. The molecule has 0 spiro atoms. The van der Waals surface area contributed by atoms with E-state index in [0.29, 0.717) is 24.8 Å². The molecule has 1 unspecified atom stereocenters. The molecular formula is C23H29ClFN5O. The van der Waals surface area contributed by atoms with E-state index < -0.39 is 0 Å². The Kier molecular flexibility index (Phi) is 6.92. The number of ether oxygens (including phenoxy) is 1. The zero-order valence-electron chi connectivity index (χ0n) is 17.8. The number of pyridine rings is 1. The van der Waals surface area contributed by atoms with Gasteiger partial charge in [0.1, 0.15) is 11.6 Å². The van der Waals surface area contributed by atoms with Crippen LogP contribution < -0.4 is 15.5 Å². The minimum atomic E-state index is -0.204. The first-order valence-corrected chi connectivity index (χ1v) is 11.1. The first-order valence-electron chi connectivity index (χ1n) is 10.8. The van der Waals surface area contributed by atoms with E-state index in [9.17, 15) is 4.39 Å². The fourth-order valence-corrected chi connectivity index (χ4v) is 4.71. The molecule has 0 saturated carbocycles. The van der Waals surface area contributed by atoms with Crippen molar-refractivity contribution < 1.29 is 9.13 Å². The van der Waals surface area contributed by atoms with E-state index in [1.807, 2.05) is 18.2 Å². The number of hydrogen-bond donors (Lipinski definition) is 2. The summed E-state index contributed by atoms with van der Waals surface area (Å²) in [5.41, 5.74) is 0.830. The summed E-state index contributed by atoms with van der Waals surface area (Å²) in [5, 5.41) is 7.69. The lowest BCUT2D eigenvalue weighted by Gasteiger charge is -2.38. The highest BCUT2D eigenvalue weighted by atomic mass is 35.5. The van der Waals surface area contributed by atoms with Crippen molar-refractivity contribution in [1.82, 2.24) is 15.6 Å². The molecule has 166 valence electrons. The monoisotopic (exact) mass is 445 g/mol. The molecule has 8 heteroatoms. The molecule has 2 aliphatic heterocycles. The third kappa shape index (κ3) is 5.10. The van der Waals surface area contributed by atoms with Crippen LogP contribution in [0.15, 0.2) is 47.6 Å². The molecule has 1 atom stereocenters. The van der Waals surface area contributed by atoms with Crippen molar-refractivity contribution >= 4 is 23.4 Å². The highest BCUT2D eigenvalue weighted by Gasteiger charge is 2.35. The largest absolute Gasteiger partial charge is 0.381 e. The lowest BCUT2D eigenvalue weighted by Crippen LogP contribution is -2.50. The van der Waals surface area contributed by atoms with E-state index in [1.54, 1.807) is 25.4 Å². The van der Waals surface area contributed by atoms with E-state index in [4.69, 9.17) is 16.3 Å². The SMILES string of the molecule is CN=C(NCC1(c2cccc(F)c2)CCOCC1)NC1CCN(c2ncccc2Cl)C1. The Morgan fingerprint density at radius 1 is 1.32 bits per heavy atom. The molecule has 0 aliphatic carbocycles. The summed E-state index contributed by atoms with van der Waals surface area (Å²) >= 11 is 6.31. The fraction of sp³-hybridized carbons (Fsp3) is 0.478. The third-order valence-corrected chi connectivity index (χ3v) is 6.57. The van der Waals surface area contributed by atoms with Gasteiger partial charge < -0.3 is 20.3 Å². The van der Waals surface area contributed by atoms with E-state index in [1.165, 1.54) is 6.07 Å². The zero-order valence-corrected chi connectivity index (χ0v) is 18.5. The summed E-state index contributed by atoms with van der Waals surface area (Å²) in [4.78, 5) is 11.0. The van der Waals surface area contributed by atoms with Crippen molar-refractivity contribution in [3.63, 3.8) is 0 Å². The van der Waals surface area contributed by atoms with Crippen LogP contribution in [0.2, 0.25) is 5.02 Å². The predicted octanol–water partition coefficient (Wildman–Crippen LogP) is 3.37. The van der Waals surface area contributed by atoms with E-state index in [0.717, 1.165) is 49.7 Å². The first kappa shape index (κ1) is 21.8. The maximum atomic E-state index is 13.9. The summed E-state index contributed by atoms with van der Waals surface area (Å²) in [7, 11) is 1.77. The Hall–Kier alpha value is -2.38. The van der Waals surface area contributed by atoms with Gasteiger partial charge in [0.2, 0.25) is 0 Å². The number of nitrogens with zero attached hydrogens (tertiary/aromatic N) is 3. The van der Waals surface area contributed by atoms with Crippen molar-refractivity contribution in [2.75, 3.05) is 44.8 Å². The van der Waals surface area contributed by atoms with Crippen molar-refractivity contribution in [2.24, 2.45) is 4.99 Å². The number of hydrogen-bond acceptors (Lipinski definition) is 4. The maximum Gasteiger partial charge on any atom is 0.191 e. The Bertz CT molecular complexity index is 918. The van der Waals surface area contributed by atoms with Crippen LogP contribution in [-0.2, 0) is 10.2 Å². The van der Waals surface area contributed by atoms with Crippen LogP contribution in [0.5, 0.6) is 0 Å². The lowest BCUT2D eigenvalue weighted by molar-refractivity contribution is 0.0512. The van der Waals surface area contributed by atoms with Crippen LogP contribution in [0.1, 0.15) is 24.8 Å². The number of nitrogens with one attached hydrogen (secondary N) is 2. The topological polar surface area (TPSA) is 61.8 Å². The molecule has 6 nitrogen and oxygen atoms in total. The molecule has 2 saturated heterocycles. The Labute approximate surface area is 187 Å². The second kappa shape index (κ2) is 9.83. The van der Waals surface area contributed by atoms with Crippen molar-refractivity contribution in [1.29, 1.82) is 0 Å². The van der Waals surface area contributed by atoms with Crippen LogP contribution in [0.4, 0.5) is 10.2 Å². The maximum absolute atomic E-state index is 13.9. The van der Waals surface area contributed by atoms with Crippen molar-refractivity contribution in [2.45, 2.75) is 30.7 Å². The molecule has 1 aromatic heterocycles. The van der Waals surface area contributed by atoms with Gasteiger partial charge in [-0.25, -0.2) is 9.37 Å². The van der Waals surface area contributed by atoms with Gasteiger partial charge in [-0.3, -0.25) is 4.99 Å². The number of halogens is 2. The van der Waals surface area contributed by atoms with E-state index in [2.05, 4.69) is 25.5 Å². The summed E-state index contributed by atoms with van der Waals surface area (Å²) in [6, 6.07) is 10.9. The highest BCUT2D eigenvalue weighted by Crippen LogP contribution is 2.34. The second-order valence-corrected chi connectivity index (χ2v) is 8.62. The minimum Gasteiger partial charge on any atom is -0.381 e. The highest BCUT2D eigenvalue weighted by molar-refractivity contribution is 6.32. The molecule has 0 amide bonds. The van der Waals surface area contributed by atoms with Crippen LogP contribution in [0.3, 0.4) is 0 Å². The van der Waals surface area contributed by atoms with Gasteiger partial charge in [-0.2, -0.15) is 0 Å². The van der Waals surface area contributed by atoms with Gasteiger partial charge in [0, 0.05) is 57.5 Å². The molecule has 3 heterocycles. The molecule has 2 aliphatic rings. The number of benzene rings is 1. The van der Waals surface area contributed by atoms with Gasteiger partial charge in [0.25, 0.3) is 0 Å². The molecule has 2 fully saturated rings. The van der Waals surface area contributed by atoms with Crippen molar-refractivity contribution in [3.05, 3.63) is 59.0 Å². The van der Waals surface area contributed by atoms with Gasteiger partial charge in [0.05, 0.1) is 5.02 Å². The third-order valence-electron chi connectivity index (χ3n) is 6.27. The molecule has 0 radical (unpaired) electrons. The average Bonchev–Trinajstić information content (AvgIpc) is 3.26. The van der Waals surface area contributed by atoms with Crippen LogP contribution >= 0.6 is 11.6 Å². The number of aliphatic imine (C=N–C) groups is 1. The second-order valence-electron chi connectivity index (χ2n) is 8.21. The summed E-state index contributed by atoms with van der Waals surface area (Å²) in [6.45, 7) is 3.71. The van der Waals surface area contributed by atoms with Gasteiger partial charge >= 0.3 is 0 Å². The molecule has 31 heavy (non-hydrogen) atoms. The van der Waals surface area contributed by atoms with Gasteiger partial charge in [-0.1, -0.05) is 23.7 Å².